The van der Waals surface area contributed by atoms with E-state index < -0.39 is 0 Å². The minimum Gasteiger partial charge on any atom is -0.271 e. The van der Waals surface area contributed by atoms with E-state index in [0.717, 1.165) is 14.8 Å². The zero-order valence-electron chi connectivity index (χ0n) is 11.9. The smallest absolute Gasteiger partial charge is 0.258 e. The molecule has 5 nitrogen and oxygen atoms in total. The number of amides is 1. The van der Waals surface area contributed by atoms with Crippen LogP contribution in [-0.2, 0) is 4.79 Å². The van der Waals surface area contributed by atoms with Gasteiger partial charge in [0.25, 0.3) is 5.91 Å². The van der Waals surface area contributed by atoms with Gasteiger partial charge in [0.1, 0.15) is 6.04 Å². The molecule has 0 bridgehead atoms. The summed E-state index contributed by atoms with van der Waals surface area (Å²) in [7, 11) is 0. The van der Waals surface area contributed by atoms with Crippen LogP contribution in [0.15, 0.2) is 41.5 Å². The molecule has 2 heterocycles. The molecular formula is C15H14Cl2N4OS. The van der Waals surface area contributed by atoms with Gasteiger partial charge in [-0.15, -0.1) is 11.3 Å². The Balaban J connectivity index is 1.54. The number of benzene rings is 1. The molecule has 1 aliphatic heterocycles. The molecule has 8 heteroatoms. The van der Waals surface area contributed by atoms with Crippen LogP contribution in [0.5, 0.6) is 0 Å². The van der Waals surface area contributed by atoms with Crippen molar-refractivity contribution in [2.45, 2.75) is 18.5 Å². The summed E-state index contributed by atoms with van der Waals surface area (Å²) in [6.07, 6.45) is 2.16. The van der Waals surface area contributed by atoms with Crippen LogP contribution < -0.4 is 16.3 Å². The minimum absolute atomic E-state index is 0.0656. The largest absolute Gasteiger partial charge is 0.271 e. The van der Waals surface area contributed by atoms with E-state index in [4.69, 9.17) is 23.2 Å². The van der Waals surface area contributed by atoms with E-state index in [-0.39, 0.29) is 18.0 Å². The normalized spacial score (nSPS) is 21.0. The third-order valence-corrected chi connectivity index (χ3v) is 5.13. The molecule has 2 aromatic rings. The zero-order chi connectivity index (χ0) is 16.2. The van der Waals surface area contributed by atoms with Gasteiger partial charge in [-0.3, -0.25) is 4.79 Å². The van der Waals surface area contributed by atoms with Crippen molar-refractivity contribution in [1.82, 2.24) is 16.3 Å². The van der Waals surface area contributed by atoms with Gasteiger partial charge in [-0.05, 0) is 24.6 Å². The number of carbonyl (C=O) groups excluding carboxylic acids is 1. The Morgan fingerprint density at radius 3 is 2.83 bits per heavy atom. The van der Waals surface area contributed by atoms with Crippen LogP contribution in [0.3, 0.4) is 0 Å². The van der Waals surface area contributed by atoms with Crippen LogP contribution in [-0.4, -0.2) is 18.2 Å². The van der Waals surface area contributed by atoms with E-state index in [0.29, 0.717) is 11.4 Å². The van der Waals surface area contributed by atoms with Crippen LogP contribution in [0.1, 0.15) is 22.9 Å². The number of rotatable bonds is 4. The first kappa shape index (κ1) is 16.4. The predicted molar refractivity (Wildman–Crippen MR) is 93.9 cm³/mol. The molecule has 0 spiro atoms. The first-order valence-corrected chi connectivity index (χ1v) is 8.54. The number of hydrazone groups is 1. The number of nitrogens with one attached hydrogen (secondary N) is 3. The Labute approximate surface area is 147 Å². The molecule has 1 amide bonds. The van der Waals surface area contributed by atoms with Gasteiger partial charge in [0, 0.05) is 15.5 Å². The lowest BCUT2D eigenvalue weighted by Crippen LogP contribution is -2.41. The Morgan fingerprint density at radius 1 is 1.26 bits per heavy atom. The summed E-state index contributed by atoms with van der Waals surface area (Å²) in [5.41, 5.74) is 9.35. The van der Waals surface area contributed by atoms with Crippen molar-refractivity contribution in [2.24, 2.45) is 5.10 Å². The molecule has 2 atom stereocenters. The molecule has 2 unspecified atom stereocenters. The second-order valence-electron chi connectivity index (χ2n) is 5.03. The quantitative estimate of drug-likeness (QED) is 0.573. The molecule has 120 valence electrons. The molecule has 23 heavy (non-hydrogen) atoms. The van der Waals surface area contributed by atoms with Crippen LogP contribution in [0.2, 0.25) is 9.36 Å². The second-order valence-corrected chi connectivity index (χ2v) is 7.18. The summed E-state index contributed by atoms with van der Waals surface area (Å²) < 4.78 is 0.735. The van der Waals surface area contributed by atoms with E-state index in [1.807, 2.05) is 30.3 Å². The van der Waals surface area contributed by atoms with Gasteiger partial charge in [0.15, 0.2) is 0 Å². The van der Waals surface area contributed by atoms with Crippen LogP contribution in [0.4, 0.5) is 0 Å². The number of hydrazine groups is 1. The maximum atomic E-state index is 12.1. The van der Waals surface area contributed by atoms with Crippen molar-refractivity contribution >= 4 is 46.7 Å². The molecule has 1 aliphatic rings. The average Bonchev–Trinajstić information content (AvgIpc) is 3.18. The zero-order valence-corrected chi connectivity index (χ0v) is 14.3. The maximum absolute atomic E-state index is 12.1. The molecular weight excluding hydrogens is 355 g/mol. The minimum atomic E-state index is -0.357. The Bertz CT molecular complexity index is 734. The summed E-state index contributed by atoms with van der Waals surface area (Å²) in [6.45, 7) is 0. The van der Waals surface area contributed by atoms with E-state index in [1.54, 1.807) is 6.07 Å². The molecule has 3 rings (SSSR count). The molecule has 0 saturated carbocycles. The molecule has 0 radical (unpaired) electrons. The lowest BCUT2D eigenvalue weighted by Gasteiger charge is -2.06. The highest BCUT2D eigenvalue weighted by atomic mass is 35.5. The van der Waals surface area contributed by atoms with Crippen molar-refractivity contribution in [3.8, 4) is 0 Å². The summed E-state index contributed by atoms with van der Waals surface area (Å²) in [4.78, 5) is 13.2. The summed E-state index contributed by atoms with van der Waals surface area (Å²) in [5, 5.41) is 4.54. The SMILES string of the molecule is O=C(N/N=C/c1ccccc1Cl)C1CC(c2ccc(Cl)s2)NN1. The van der Waals surface area contributed by atoms with Gasteiger partial charge in [0.05, 0.1) is 16.6 Å². The summed E-state index contributed by atoms with van der Waals surface area (Å²) in [5.74, 6) is -0.203. The molecule has 1 aromatic heterocycles. The molecule has 1 saturated heterocycles. The first-order chi connectivity index (χ1) is 11.1. The molecule has 3 N–H and O–H groups in total. The third-order valence-electron chi connectivity index (χ3n) is 3.44. The number of hydrogen-bond acceptors (Lipinski definition) is 5. The fourth-order valence-electron chi connectivity index (χ4n) is 2.25. The number of thiophene rings is 1. The van der Waals surface area contributed by atoms with Crippen molar-refractivity contribution < 1.29 is 4.79 Å². The number of nitrogens with zero attached hydrogens (tertiary/aromatic N) is 1. The first-order valence-electron chi connectivity index (χ1n) is 6.97. The van der Waals surface area contributed by atoms with E-state index >= 15 is 0 Å². The Hall–Kier alpha value is -1.44. The van der Waals surface area contributed by atoms with Crippen molar-refractivity contribution in [1.29, 1.82) is 0 Å². The highest BCUT2D eigenvalue weighted by molar-refractivity contribution is 7.16. The van der Waals surface area contributed by atoms with Crippen molar-refractivity contribution in [3.63, 3.8) is 0 Å². The Morgan fingerprint density at radius 2 is 2.09 bits per heavy atom. The second kappa shape index (κ2) is 7.42. The van der Waals surface area contributed by atoms with Gasteiger partial charge in [-0.1, -0.05) is 41.4 Å². The number of carbonyl (C=O) groups is 1. The van der Waals surface area contributed by atoms with Crippen LogP contribution in [0, 0.1) is 0 Å². The summed E-state index contributed by atoms with van der Waals surface area (Å²) in [6, 6.07) is 10.8. The summed E-state index contributed by atoms with van der Waals surface area (Å²) >= 11 is 13.5. The van der Waals surface area contributed by atoms with Crippen molar-refractivity contribution in [3.05, 3.63) is 56.2 Å². The lowest BCUT2D eigenvalue weighted by molar-refractivity contribution is -0.122. The van der Waals surface area contributed by atoms with Gasteiger partial charge in [-0.25, -0.2) is 16.3 Å². The van der Waals surface area contributed by atoms with Crippen molar-refractivity contribution in [2.75, 3.05) is 0 Å². The van der Waals surface area contributed by atoms with Crippen LogP contribution in [0.25, 0.3) is 0 Å². The third kappa shape index (κ3) is 4.10. The lowest BCUT2D eigenvalue weighted by atomic mass is 10.1. The standard InChI is InChI=1S/C15H14Cl2N4OS/c16-10-4-2-1-3-9(10)8-18-21-15(22)12-7-11(19-20-12)13-5-6-14(17)23-13/h1-6,8,11-12,19-20H,7H2,(H,21,22)/b18-8+. The predicted octanol–water partition coefficient (Wildman–Crippen LogP) is 3.11. The van der Waals surface area contributed by atoms with Gasteiger partial charge >= 0.3 is 0 Å². The Kier molecular flexibility index (Phi) is 5.30. The van der Waals surface area contributed by atoms with Gasteiger partial charge in [0.2, 0.25) is 0 Å². The molecule has 0 aliphatic carbocycles. The number of halogens is 2. The van der Waals surface area contributed by atoms with Gasteiger partial charge in [-0.2, -0.15) is 5.10 Å². The molecule has 1 fully saturated rings. The van der Waals surface area contributed by atoms with Crippen LogP contribution >= 0.6 is 34.5 Å². The van der Waals surface area contributed by atoms with E-state index in [9.17, 15) is 4.79 Å². The number of hydrogen-bond donors (Lipinski definition) is 3. The molecule has 1 aromatic carbocycles. The fraction of sp³-hybridized carbons (Fsp3) is 0.200. The van der Waals surface area contributed by atoms with Gasteiger partial charge < -0.3 is 0 Å². The maximum Gasteiger partial charge on any atom is 0.258 e. The average molecular weight is 369 g/mol. The highest BCUT2D eigenvalue weighted by Gasteiger charge is 2.30. The fourth-order valence-corrected chi connectivity index (χ4v) is 3.56. The topological polar surface area (TPSA) is 65.5 Å². The highest BCUT2D eigenvalue weighted by Crippen LogP contribution is 2.31. The monoisotopic (exact) mass is 368 g/mol. The van der Waals surface area contributed by atoms with E-state index in [1.165, 1.54) is 17.6 Å². The van der Waals surface area contributed by atoms with E-state index in [2.05, 4.69) is 21.4 Å².